The molecule has 88 valence electrons. The van der Waals surface area contributed by atoms with Gasteiger partial charge in [-0.05, 0) is 34.1 Å². The number of carbonyl (C=O) groups excluding carboxylic acids is 1. The molecule has 1 aliphatic heterocycles. The SMILES string of the molecule is CCCCN1C(=O)N(C(C)C)CC1(C)C. The summed E-state index contributed by atoms with van der Waals surface area (Å²) in [5.41, 5.74) is -0.00345. The quantitative estimate of drug-likeness (QED) is 0.703. The summed E-state index contributed by atoms with van der Waals surface area (Å²) in [4.78, 5) is 16.1. The summed E-state index contributed by atoms with van der Waals surface area (Å²) >= 11 is 0. The van der Waals surface area contributed by atoms with Gasteiger partial charge in [-0.1, -0.05) is 13.3 Å². The zero-order chi connectivity index (χ0) is 11.6. The van der Waals surface area contributed by atoms with Crippen molar-refractivity contribution in [1.82, 2.24) is 9.80 Å². The Balaban J connectivity index is 2.73. The fourth-order valence-electron chi connectivity index (χ4n) is 2.10. The topological polar surface area (TPSA) is 23.6 Å². The molecule has 2 amide bonds. The summed E-state index contributed by atoms with van der Waals surface area (Å²) in [5.74, 6) is 0. The van der Waals surface area contributed by atoms with Crippen LogP contribution in [0, 0.1) is 0 Å². The largest absolute Gasteiger partial charge is 0.320 e. The molecule has 0 aliphatic carbocycles. The van der Waals surface area contributed by atoms with Crippen LogP contribution in [-0.2, 0) is 0 Å². The van der Waals surface area contributed by atoms with Crippen molar-refractivity contribution in [3.63, 3.8) is 0 Å². The Kier molecular flexibility index (Phi) is 3.63. The molecule has 0 radical (unpaired) electrons. The first-order valence-corrected chi connectivity index (χ1v) is 5.98. The fraction of sp³-hybridized carbons (Fsp3) is 0.917. The highest BCUT2D eigenvalue weighted by Crippen LogP contribution is 2.27. The first-order chi connectivity index (χ1) is 6.90. The van der Waals surface area contributed by atoms with E-state index in [0.29, 0.717) is 6.04 Å². The van der Waals surface area contributed by atoms with Crippen molar-refractivity contribution >= 4 is 6.03 Å². The Labute approximate surface area is 93.4 Å². The fourth-order valence-corrected chi connectivity index (χ4v) is 2.10. The van der Waals surface area contributed by atoms with E-state index >= 15 is 0 Å². The molecule has 3 nitrogen and oxygen atoms in total. The van der Waals surface area contributed by atoms with E-state index in [0.717, 1.165) is 25.9 Å². The minimum atomic E-state index is -0.00345. The molecule has 15 heavy (non-hydrogen) atoms. The second kappa shape index (κ2) is 4.42. The Morgan fingerprint density at radius 2 is 2.00 bits per heavy atom. The average molecular weight is 212 g/mol. The number of carbonyl (C=O) groups is 1. The zero-order valence-electron chi connectivity index (χ0n) is 10.7. The molecule has 0 aromatic carbocycles. The first-order valence-electron chi connectivity index (χ1n) is 5.98. The lowest BCUT2D eigenvalue weighted by atomic mass is 10.0. The van der Waals surface area contributed by atoms with Crippen LogP contribution in [0.5, 0.6) is 0 Å². The summed E-state index contributed by atoms with van der Waals surface area (Å²) < 4.78 is 0. The van der Waals surface area contributed by atoms with Gasteiger partial charge in [0.15, 0.2) is 0 Å². The first kappa shape index (κ1) is 12.3. The van der Waals surface area contributed by atoms with Gasteiger partial charge < -0.3 is 9.80 Å². The third kappa shape index (κ3) is 2.44. The van der Waals surface area contributed by atoms with E-state index in [4.69, 9.17) is 0 Å². The van der Waals surface area contributed by atoms with Crippen LogP contribution in [0.3, 0.4) is 0 Å². The Hall–Kier alpha value is -0.730. The van der Waals surface area contributed by atoms with Crippen LogP contribution in [0.2, 0.25) is 0 Å². The molecule has 0 saturated carbocycles. The third-order valence-electron chi connectivity index (χ3n) is 3.12. The number of hydrogen-bond acceptors (Lipinski definition) is 1. The molecule has 3 heteroatoms. The maximum absolute atomic E-state index is 12.1. The van der Waals surface area contributed by atoms with Crippen molar-refractivity contribution < 1.29 is 4.79 Å². The molecule has 0 atom stereocenters. The Morgan fingerprint density at radius 3 is 2.40 bits per heavy atom. The zero-order valence-corrected chi connectivity index (χ0v) is 10.7. The standard InChI is InChI=1S/C12H24N2O/c1-6-7-8-14-11(15)13(10(2)3)9-12(14,4)5/h10H,6-9H2,1-5H3. The molecule has 1 heterocycles. The second-order valence-electron chi connectivity index (χ2n) is 5.32. The van der Waals surface area contributed by atoms with E-state index in [1.54, 1.807) is 0 Å². The van der Waals surface area contributed by atoms with Gasteiger partial charge in [-0.2, -0.15) is 0 Å². The maximum Gasteiger partial charge on any atom is 0.320 e. The normalized spacial score (nSPS) is 20.5. The lowest BCUT2D eigenvalue weighted by Crippen LogP contribution is -2.42. The third-order valence-corrected chi connectivity index (χ3v) is 3.12. The highest BCUT2D eigenvalue weighted by Gasteiger charge is 2.43. The molecule has 0 bridgehead atoms. The van der Waals surface area contributed by atoms with Crippen LogP contribution >= 0.6 is 0 Å². The molecule has 0 unspecified atom stereocenters. The van der Waals surface area contributed by atoms with Crippen LogP contribution in [0.25, 0.3) is 0 Å². The summed E-state index contributed by atoms with van der Waals surface area (Å²) in [6.45, 7) is 12.4. The molecule has 0 aromatic rings. The van der Waals surface area contributed by atoms with Crippen LogP contribution in [0.4, 0.5) is 4.79 Å². The van der Waals surface area contributed by atoms with Gasteiger partial charge >= 0.3 is 6.03 Å². The Bertz CT molecular complexity index is 236. The van der Waals surface area contributed by atoms with Crippen molar-refractivity contribution in [1.29, 1.82) is 0 Å². The highest BCUT2D eigenvalue weighted by molar-refractivity contribution is 5.78. The minimum absolute atomic E-state index is 0.00345. The van der Waals surface area contributed by atoms with Gasteiger partial charge in [0.05, 0.1) is 5.54 Å². The Morgan fingerprint density at radius 1 is 1.40 bits per heavy atom. The molecular weight excluding hydrogens is 188 g/mol. The van der Waals surface area contributed by atoms with Gasteiger partial charge in [0.1, 0.15) is 0 Å². The lowest BCUT2D eigenvalue weighted by Gasteiger charge is -2.29. The number of nitrogens with zero attached hydrogens (tertiary/aromatic N) is 2. The van der Waals surface area contributed by atoms with Crippen molar-refractivity contribution in [2.24, 2.45) is 0 Å². The number of unbranched alkanes of at least 4 members (excludes halogenated alkanes) is 1. The molecule has 1 fully saturated rings. The van der Waals surface area contributed by atoms with Crippen molar-refractivity contribution in [3.05, 3.63) is 0 Å². The molecule has 1 aliphatic rings. The van der Waals surface area contributed by atoms with Crippen molar-refractivity contribution in [2.45, 2.75) is 59.0 Å². The van der Waals surface area contributed by atoms with Gasteiger partial charge in [-0.3, -0.25) is 0 Å². The molecular formula is C12H24N2O. The van der Waals surface area contributed by atoms with E-state index in [2.05, 4.69) is 34.6 Å². The molecule has 0 N–H and O–H groups in total. The predicted molar refractivity (Wildman–Crippen MR) is 62.9 cm³/mol. The van der Waals surface area contributed by atoms with Gasteiger partial charge in [0, 0.05) is 19.1 Å². The van der Waals surface area contributed by atoms with Crippen molar-refractivity contribution in [3.8, 4) is 0 Å². The monoisotopic (exact) mass is 212 g/mol. The lowest BCUT2D eigenvalue weighted by molar-refractivity contribution is 0.167. The summed E-state index contributed by atoms with van der Waals surface area (Å²) in [6.07, 6.45) is 2.24. The predicted octanol–water partition coefficient (Wildman–Crippen LogP) is 2.71. The van der Waals surface area contributed by atoms with Crippen LogP contribution in [-0.4, -0.2) is 40.5 Å². The van der Waals surface area contributed by atoms with E-state index in [1.807, 2.05) is 9.80 Å². The highest BCUT2D eigenvalue weighted by atomic mass is 16.2. The maximum atomic E-state index is 12.1. The van der Waals surface area contributed by atoms with E-state index in [-0.39, 0.29) is 11.6 Å². The van der Waals surface area contributed by atoms with E-state index in [1.165, 1.54) is 0 Å². The molecule has 1 saturated heterocycles. The van der Waals surface area contributed by atoms with Gasteiger partial charge in [0.25, 0.3) is 0 Å². The van der Waals surface area contributed by atoms with Crippen LogP contribution in [0.1, 0.15) is 47.5 Å². The number of urea groups is 1. The molecule has 0 spiro atoms. The summed E-state index contributed by atoms with van der Waals surface area (Å²) in [7, 11) is 0. The molecule has 1 rings (SSSR count). The van der Waals surface area contributed by atoms with E-state index < -0.39 is 0 Å². The number of rotatable bonds is 4. The number of hydrogen-bond donors (Lipinski definition) is 0. The van der Waals surface area contributed by atoms with Gasteiger partial charge in [-0.15, -0.1) is 0 Å². The smallest absolute Gasteiger partial charge is 0.320 e. The minimum Gasteiger partial charge on any atom is -0.320 e. The number of amides is 2. The van der Waals surface area contributed by atoms with Crippen LogP contribution in [0.15, 0.2) is 0 Å². The van der Waals surface area contributed by atoms with E-state index in [9.17, 15) is 4.79 Å². The summed E-state index contributed by atoms with van der Waals surface area (Å²) in [6, 6.07) is 0.520. The summed E-state index contributed by atoms with van der Waals surface area (Å²) in [5, 5.41) is 0. The van der Waals surface area contributed by atoms with Crippen LogP contribution < -0.4 is 0 Å². The second-order valence-corrected chi connectivity index (χ2v) is 5.32. The average Bonchev–Trinajstić information content (AvgIpc) is 2.35. The molecule has 0 aromatic heterocycles. The van der Waals surface area contributed by atoms with Gasteiger partial charge in [0.2, 0.25) is 0 Å². The van der Waals surface area contributed by atoms with Crippen molar-refractivity contribution in [2.75, 3.05) is 13.1 Å². The van der Waals surface area contributed by atoms with Gasteiger partial charge in [-0.25, -0.2) is 4.79 Å².